The number of aliphatic imine (C=N–C) groups is 1. The summed E-state index contributed by atoms with van der Waals surface area (Å²) in [6, 6.07) is 6.85. The molecule has 2 unspecified atom stereocenters. The molecule has 0 spiro atoms. The zero-order valence-electron chi connectivity index (χ0n) is 17.4. The molecule has 1 N–H and O–H groups in total. The maximum absolute atomic E-state index is 13.6. The monoisotopic (exact) mass is 508 g/mol. The van der Waals surface area contributed by atoms with E-state index in [9.17, 15) is 4.39 Å². The van der Waals surface area contributed by atoms with E-state index < -0.39 is 0 Å². The molecule has 0 radical (unpaired) electrons. The molecular formula is C20H34FIN4O2. The molecule has 0 aliphatic carbocycles. The van der Waals surface area contributed by atoms with Crippen molar-refractivity contribution in [2.75, 3.05) is 67.7 Å². The number of ether oxygens (including phenoxy) is 2. The fraction of sp³-hybridized carbons (Fsp3) is 0.650. The van der Waals surface area contributed by atoms with Crippen LogP contribution in [0, 0.1) is 11.7 Å². The minimum Gasteiger partial charge on any atom is -0.382 e. The van der Waals surface area contributed by atoms with Gasteiger partial charge in [0.2, 0.25) is 0 Å². The van der Waals surface area contributed by atoms with E-state index >= 15 is 0 Å². The predicted molar refractivity (Wildman–Crippen MR) is 122 cm³/mol. The molecule has 6 nitrogen and oxygen atoms in total. The second kappa shape index (κ2) is 13.3. The first kappa shape index (κ1) is 25.1. The molecule has 1 saturated heterocycles. The van der Waals surface area contributed by atoms with E-state index in [1.165, 1.54) is 6.07 Å². The second-order valence-corrected chi connectivity index (χ2v) is 7.13. The first-order chi connectivity index (χ1) is 13.0. The average Bonchev–Trinajstić information content (AvgIpc) is 3.11. The number of nitrogens with zero attached hydrogens (tertiary/aromatic N) is 3. The van der Waals surface area contributed by atoms with E-state index in [-0.39, 0.29) is 35.8 Å². The van der Waals surface area contributed by atoms with Crippen LogP contribution in [0.5, 0.6) is 0 Å². The molecule has 2 atom stereocenters. The summed E-state index contributed by atoms with van der Waals surface area (Å²) >= 11 is 0. The van der Waals surface area contributed by atoms with Gasteiger partial charge in [-0.15, -0.1) is 24.0 Å². The molecule has 1 aromatic rings. The van der Waals surface area contributed by atoms with Crippen molar-refractivity contribution in [2.45, 2.75) is 12.5 Å². The van der Waals surface area contributed by atoms with Crippen molar-refractivity contribution < 1.29 is 13.9 Å². The third kappa shape index (κ3) is 7.81. The average molecular weight is 508 g/mol. The standard InChI is InChI=1S/C20H33FN4O2.HI/c1-22-20(25-9-8-16(14-25)15-27-11-10-26-4)23-13-19(24(2)3)17-6-5-7-18(21)12-17;/h5-7,12,16,19H,8-11,13-15H2,1-4H3,(H,22,23);1H. The van der Waals surface area contributed by atoms with Gasteiger partial charge < -0.3 is 24.6 Å². The van der Waals surface area contributed by atoms with Crippen molar-refractivity contribution >= 4 is 29.9 Å². The van der Waals surface area contributed by atoms with E-state index in [1.807, 2.05) is 20.2 Å². The zero-order valence-corrected chi connectivity index (χ0v) is 19.7. The van der Waals surface area contributed by atoms with Gasteiger partial charge in [0.05, 0.1) is 25.9 Å². The van der Waals surface area contributed by atoms with E-state index in [1.54, 1.807) is 26.3 Å². The van der Waals surface area contributed by atoms with Crippen LogP contribution in [0.1, 0.15) is 18.0 Å². The molecule has 8 heteroatoms. The molecular weight excluding hydrogens is 474 g/mol. The number of nitrogens with one attached hydrogen (secondary N) is 1. The lowest BCUT2D eigenvalue weighted by Crippen LogP contribution is -2.43. The number of likely N-dealkylation sites (tertiary alicyclic amines) is 1. The van der Waals surface area contributed by atoms with Gasteiger partial charge >= 0.3 is 0 Å². The summed E-state index contributed by atoms with van der Waals surface area (Å²) in [5.41, 5.74) is 0.953. The van der Waals surface area contributed by atoms with Crippen LogP contribution in [-0.2, 0) is 9.47 Å². The van der Waals surface area contributed by atoms with Crippen molar-refractivity contribution in [3.63, 3.8) is 0 Å². The van der Waals surface area contributed by atoms with Gasteiger partial charge in [0.25, 0.3) is 0 Å². The van der Waals surface area contributed by atoms with E-state index in [4.69, 9.17) is 9.47 Å². The third-order valence-electron chi connectivity index (χ3n) is 4.89. The smallest absolute Gasteiger partial charge is 0.193 e. The minimum atomic E-state index is -0.209. The Hall–Kier alpha value is -0.970. The van der Waals surface area contributed by atoms with Gasteiger partial charge in [-0.25, -0.2) is 4.39 Å². The van der Waals surface area contributed by atoms with Crippen LogP contribution in [-0.4, -0.2) is 83.5 Å². The number of rotatable bonds is 9. The lowest BCUT2D eigenvalue weighted by molar-refractivity contribution is 0.0536. The topological polar surface area (TPSA) is 49.3 Å². The number of benzene rings is 1. The van der Waals surface area contributed by atoms with Crippen molar-refractivity contribution in [3.8, 4) is 0 Å². The van der Waals surface area contributed by atoms with Crippen LogP contribution in [0.4, 0.5) is 4.39 Å². The predicted octanol–water partition coefficient (Wildman–Crippen LogP) is 2.61. The van der Waals surface area contributed by atoms with Gasteiger partial charge in [-0.3, -0.25) is 4.99 Å². The maximum atomic E-state index is 13.6. The van der Waals surface area contributed by atoms with Crippen LogP contribution in [0.2, 0.25) is 0 Å². The molecule has 160 valence electrons. The maximum Gasteiger partial charge on any atom is 0.193 e. The minimum absolute atomic E-state index is 0. The van der Waals surface area contributed by atoms with Crippen molar-refractivity contribution in [1.29, 1.82) is 0 Å². The number of methoxy groups -OCH3 is 1. The lowest BCUT2D eigenvalue weighted by atomic mass is 10.1. The first-order valence-corrected chi connectivity index (χ1v) is 9.49. The van der Waals surface area contributed by atoms with Crippen molar-refractivity contribution in [2.24, 2.45) is 10.9 Å². The van der Waals surface area contributed by atoms with Gasteiger partial charge in [-0.2, -0.15) is 0 Å². The normalized spacial score (nSPS) is 18.3. The number of guanidine groups is 1. The summed E-state index contributed by atoms with van der Waals surface area (Å²) in [7, 11) is 7.49. The Morgan fingerprint density at radius 3 is 2.82 bits per heavy atom. The molecule has 1 aliphatic heterocycles. The summed E-state index contributed by atoms with van der Waals surface area (Å²) in [5.74, 6) is 1.19. The van der Waals surface area contributed by atoms with Gasteiger partial charge in [0.1, 0.15) is 5.82 Å². The van der Waals surface area contributed by atoms with Crippen LogP contribution < -0.4 is 5.32 Å². The van der Waals surface area contributed by atoms with Gasteiger partial charge in [0, 0.05) is 39.7 Å². The Labute approximate surface area is 185 Å². The number of halogens is 2. The number of likely N-dealkylation sites (N-methyl/N-ethyl adjacent to an activating group) is 1. The molecule has 1 heterocycles. The summed E-state index contributed by atoms with van der Waals surface area (Å²) in [4.78, 5) is 8.79. The van der Waals surface area contributed by atoms with Gasteiger partial charge in [0.15, 0.2) is 5.96 Å². The highest BCUT2D eigenvalue weighted by Crippen LogP contribution is 2.20. The second-order valence-electron chi connectivity index (χ2n) is 7.13. The fourth-order valence-corrected chi connectivity index (χ4v) is 3.39. The Balaban J connectivity index is 0.00000392. The first-order valence-electron chi connectivity index (χ1n) is 9.49. The quantitative estimate of drug-likeness (QED) is 0.241. The third-order valence-corrected chi connectivity index (χ3v) is 4.89. The highest BCUT2D eigenvalue weighted by atomic mass is 127. The molecule has 1 aromatic carbocycles. The molecule has 0 bridgehead atoms. The molecule has 0 amide bonds. The number of hydrogen-bond donors (Lipinski definition) is 1. The summed E-state index contributed by atoms with van der Waals surface area (Å²) in [5, 5.41) is 3.46. The Morgan fingerprint density at radius 2 is 2.18 bits per heavy atom. The van der Waals surface area contributed by atoms with Crippen LogP contribution >= 0.6 is 24.0 Å². The summed E-state index contributed by atoms with van der Waals surface area (Å²) in [6.45, 7) is 4.57. The Bertz CT molecular complexity index is 603. The lowest BCUT2D eigenvalue weighted by Gasteiger charge is -2.28. The molecule has 2 rings (SSSR count). The molecule has 1 fully saturated rings. The van der Waals surface area contributed by atoms with Gasteiger partial charge in [-0.05, 0) is 38.2 Å². The molecule has 0 aromatic heterocycles. The van der Waals surface area contributed by atoms with Crippen LogP contribution in [0.25, 0.3) is 0 Å². The highest BCUT2D eigenvalue weighted by Gasteiger charge is 2.25. The van der Waals surface area contributed by atoms with E-state index in [0.29, 0.717) is 25.7 Å². The Kier molecular flexibility index (Phi) is 11.9. The van der Waals surface area contributed by atoms with Gasteiger partial charge in [-0.1, -0.05) is 12.1 Å². The van der Waals surface area contributed by atoms with Crippen molar-refractivity contribution in [3.05, 3.63) is 35.6 Å². The summed E-state index contributed by atoms with van der Waals surface area (Å²) in [6.07, 6.45) is 1.09. The van der Waals surface area contributed by atoms with Crippen LogP contribution in [0.15, 0.2) is 29.3 Å². The molecule has 1 aliphatic rings. The fourth-order valence-electron chi connectivity index (χ4n) is 3.39. The largest absolute Gasteiger partial charge is 0.382 e. The van der Waals surface area contributed by atoms with Crippen LogP contribution in [0.3, 0.4) is 0 Å². The number of hydrogen-bond acceptors (Lipinski definition) is 4. The summed E-state index contributed by atoms with van der Waals surface area (Å²) < 4.78 is 24.3. The van der Waals surface area contributed by atoms with E-state index in [2.05, 4.69) is 20.1 Å². The highest BCUT2D eigenvalue weighted by molar-refractivity contribution is 14.0. The van der Waals surface area contributed by atoms with E-state index in [0.717, 1.165) is 37.6 Å². The molecule has 28 heavy (non-hydrogen) atoms. The molecule has 0 saturated carbocycles. The Morgan fingerprint density at radius 1 is 1.39 bits per heavy atom. The SMILES string of the molecule is CN=C(NCC(c1cccc(F)c1)N(C)C)N1CCC(COCCOC)C1.I. The van der Waals surface area contributed by atoms with Crippen molar-refractivity contribution in [1.82, 2.24) is 15.1 Å². The zero-order chi connectivity index (χ0) is 19.6.